The highest BCUT2D eigenvalue weighted by atomic mass is 16.6. The fraction of sp³-hybridized carbons (Fsp3) is 0.429. The van der Waals surface area contributed by atoms with Gasteiger partial charge in [0, 0.05) is 19.6 Å². The minimum Gasteiger partial charge on any atom is -0.497 e. The first-order chi connectivity index (χ1) is 12.8. The van der Waals surface area contributed by atoms with E-state index in [0.29, 0.717) is 13.2 Å². The summed E-state index contributed by atoms with van der Waals surface area (Å²) in [5.74, 6) is 2.59. The molecule has 0 radical (unpaired) electrons. The Morgan fingerprint density at radius 2 is 1.73 bits per heavy atom. The molecule has 0 N–H and O–H groups in total. The average molecular weight is 355 g/mol. The predicted molar refractivity (Wildman–Crippen MR) is 99.1 cm³/mol. The van der Waals surface area contributed by atoms with Crippen molar-refractivity contribution in [1.29, 1.82) is 0 Å². The van der Waals surface area contributed by atoms with Crippen LogP contribution in [0.1, 0.15) is 11.1 Å². The van der Waals surface area contributed by atoms with Crippen molar-refractivity contribution in [3.05, 3.63) is 53.6 Å². The van der Waals surface area contributed by atoms with Gasteiger partial charge in [-0.1, -0.05) is 18.2 Å². The first kappa shape index (κ1) is 17.2. The van der Waals surface area contributed by atoms with Gasteiger partial charge in [0.25, 0.3) is 0 Å². The number of methoxy groups -OCH3 is 1. The summed E-state index contributed by atoms with van der Waals surface area (Å²) in [6, 6.07) is 14.5. The lowest BCUT2D eigenvalue weighted by molar-refractivity contribution is -0.0305. The summed E-state index contributed by atoms with van der Waals surface area (Å²) in [6.07, 6.45) is 1.14. The van der Waals surface area contributed by atoms with Crippen LogP contribution in [-0.4, -0.2) is 51.0 Å². The van der Waals surface area contributed by atoms with E-state index in [0.717, 1.165) is 49.9 Å². The number of fused-ring (bicyclic) bond motifs is 1. The lowest BCUT2D eigenvalue weighted by Gasteiger charge is -2.33. The number of ether oxygens (including phenoxy) is 4. The molecule has 4 rings (SSSR count). The Hall–Kier alpha value is -2.24. The molecule has 2 aliphatic rings. The van der Waals surface area contributed by atoms with E-state index in [-0.39, 0.29) is 6.10 Å². The van der Waals surface area contributed by atoms with Gasteiger partial charge in [-0.25, -0.2) is 0 Å². The van der Waals surface area contributed by atoms with Gasteiger partial charge >= 0.3 is 0 Å². The molecule has 0 amide bonds. The molecule has 0 bridgehead atoms. The van der Waals surface area contributed by atoms with Crippen molar-refractivity contribution in [3.8, 4) is 17.2 Å². The summed E-state index contributed by atoms with van der Waals surface area (Å²) in [5.41, 5.74) is 2.52. The van der Waals surface area contributed by atoms with Crippen LogP contribution in [0.25, 0.3) is 0 Å². The number of nitrogens with zero attached hydrogens (tertiary/aromatic N) is 1. The van der Waals surface area contributed by atoms with E-state index >= 15 is 0 Å². The Bertz CT molecular complexity index is 731. The van der Waals surface area contributed by atoms with Crippen LogP contribution in [0.15, 0.2) is 42.5 Å². The largest absolute Gasteiger partial charge is 0.497 e. The zero-order chi connectivity index (χ0) is 17.8. The van der Waals surface area contributed by atoms with Crippen molar-refractivity contribution < 1.29 is 18.9 Å². The molecule has 138 valence electrons. The Kier molecular flexibility index (Phi) is 5.27. The normalized spacial score (nSPS) is 20.0. The molecule has 0 saturated carbocycles. The van der Waals surface area contributed by atoms with Crippen molar-refractivity contribution in [2.24, 2.45) is 0 Å². The van der Waals surface area contributed by atoms with Crippen LogP contribution in [0.5, 0.6) is 17.2 Å². The Morgan fingerprint density at radius 1 is 0.962 bits per heavy atom. The molecule has 2 aromatic carbocycles. The molecule has 2 aromatic rings. The summed E-state index contributed by atoms with van der Waals surface area (Å²) in [4.78, 5) is 2.45. The smallest absolute Gasteiger partial charge is 0.161 e. The van der Waals surface area contributed by atoms with Gasteiger partial charge < -0.3 is 18.9 Å². The lowest BCUT2D eigenvalue weighted by atomic mass is 10.1. The average Bonchev–Trinajstić information content (AvgIpc) is 2.69. The summed E-state index contributed by atoms with van der Waals surface area (Å²) in [7, 11) is 1.69. The maximum absolute atomic E-state index is 5.98. The summed E-state index contributed by atoms with van der Waals surface area (Å²) < 4.78 is 22.5. The molecule has 2 aliphatic heterocycles. The third kappa shape index (κ3) is 4.11. The van der Waals surface area contributed by atoms with E-state index in [2.05, 4.69) is 29.2 Å². The third-order valence-electron chi connectivity index (χ3n) is 4.86. The van der Waals surface area contributed by atoms with E-state index in [9.17, 15) is 0 Å². The number of hydrogen-bond acceptors (Lipinski definition) is 5. The van der Waals surface area contributed by atoms with Crippen LogP contribution >= 0.6 is 0 Å². The Balaban J connectivity index is 1.35. The number of hydrogen-bond donors (Lipinski definition) is 0. The van der Waals surface area contributed by atoms with Crippen LogP contribution in [0.3, 0.4) is 0 Å². The zero-order valence-electron chi connectivity index (χ0n) is 15.1. The standard InChI is InChI=1S/C21H25NO4/c1-23-18-5-2-16(3-6-18)12-19-15-22(8-9-24-19)14-17-4-7-20-21(13-17)26-11-10-25-20/h2-7,13,19H,8-12,14-15H2,1H3. The summed E-state index contributed by atoms with van der Waals surface area (Å²) in [6.45, 7) is 4.80. The van der Waals surface area contributed by atoms with Crippen molar-refractivity contribution in [1.82, 2.24) is 4.90 Å². The van der Waals surface area contributed by atoms with E-state index in [4.69, 9.17) is 18.9 Å². The molecule has 26 heavy (non-hydrogen) atoms. The Morgan fingerprint density at radius 3 is 2.54 bits per heavy atom. The van der Waals surface area contributed by atoms with E-state index < -0.39 is 0 Å². The number of rotatable bonds is 5. The number of benzene rings is 2. The molecule has 0 spiro atoms. The lowest BCUT2D eigenvalue weighted by Crippen LogP contribution is -2.42. The van der Waals surface area contributed by atoms with Gasteiger partial charge in [0.2, 0.25) is 0 Å². The van der Waals surface area contributed by atoms with E-state index in [1.165, 1.54) is 11.1 Å². The molecule has 1 saturated heterocycles. The molecule has 0 aliphatic carbocycles. The molecule has 2 heterocycles. The maximum Gasteiger partial charge on any atom is 0.161 e. The van der Waals surface area contributed by atoms with Gasteiger partial charge in [0.1, 0.15) is 19.0 Å². The predicted octanol–water partition coefficient (Wildman–Crippen LogP) is 2.91. The fourth-order valence-electron chi connectivity index (χ4n) is 3.52. The molecule has 0 aromatic heterocycles. The SMILES string of the molecule is COc1ccc(CC2CN(Cc3ccc4c(c3)OCCO4)CCO2)cc1. The quantitative estimate of drug-likeness (QED) is 0.825. The van der Waals surface area contributed by atoms with Crippen molar-refractivity contribution in [2.75, 3.05) is 40.0 Å². The molecule has 1 fully saturated rings. The summed E-state index contributed by atoms with van der Waals surface area (Å²) >= 11 is 0. The highest BCUT2D eigenvalue weighted by Crippen LogP contribution is 2.31. The Labute approximate surface area is 154 Å². The van der Waals surface area contributed by atoms with E-state index in [1.807, 2.05) is 18.2 Å². The first-order valence-electron chi connectivity index (χ1n) is 9.15. The monoisotopic (exact) mass is 355 g/mol. The second-order valence-electron chi connectivity index (χ2n) is 6.76. The van der Waals surface area contributed by atoms with Gasteiger partial charge in [0.05, 0.1) is 19.8 Å². The van der Waals surface area contributed by atoms with Crippen molar-refractivity contribution in [2.45, 2.75) is 19.1 Å². The maximum atomic E-state index is 5.98. The molecule has 1 unspecified atom stereocenters. The summed E-state index contributed by atoms with van der Waals surface area (Å²) in [5, 5.41) is 0. The fourth-order valence-corrected chi connectivity index (χ4v) is 3.52. The van der Waals surface area contributed by atoms with Gasteiger partial charge in [-0.15, -0.1) is 0 Å². The highest BCUT2D eigenvalue weighted by Gasteiger charge is 2.21. The van der Waals surface area contributed by atoms with Crippen LogP contribution in [0.4, 0.5) is 0 Å². The minimum atomic E-state index is 0.217. The molecular formula is C21H25NO4. The minimum absolute atomic E-state index is 0.217. The molecule has 1 atom stereocenters. The van der Waals surface area contributed by atoms with E-state index in [1.54, 1.807) is 7.11 Å². The van der Waals surface area contributed by atoms with Crippen molar-refractivity contribution in [3.63, 3.8) is 0 Å². The highest BCUT2D eigenvalue weighted by molar-refractivity contribution is 5.43. The van der Waals surface area contributed by atoms with Gasteiger partial charge in [-0.2, -0.15) is 0 Å². The molecule has 5 heteroatoms. The van der Waals surface area contributed by atoms with Crippen LogP contribution in [0.2, 0.25) is 0 Å². The van der Waals surface area contributed by atoms with Gasteiger partial charge in [-0.05, 0) is 41.8 Å². The molecule has 5 nitrogen and oxygen atoms in total. The number of morpholine rings is 1. The van der Waals surface area contributed by atoms with Crippen LogP contribution in [0, 0.1) is 0 Å². The topological polar surface area (TPSA) is 40.2 Å². The van der Waals surface area contributed by atoms with Crippen molar-refractivity contribution >= 4 is 0 Å². The van der Waals surface area contributed by atoms with Crippen LogP contribution in [-0.2, 0) is 17.7 Å². The van der Waals surface area contributed by atoms with Crippen LogP contribution < -0.4 is 14.2 Å². The van der Waals surface area contributed by atoms with Gasteiger partial charge in [-0.3, -0.25) is 4.90 Å². The second kappa shape index (κ2) is 7.98. The zero-order valence-corrected chi connectivity index (χ0v) is 15.1. The first-order valence-corrected chi connectivity index (χ1v) is 9.15. The third-order valence-corrected chi connectivity index (χ3v) is 4.86. The molecular weight excluding hydrogens is 330 g/mol. The van der Waals surface area contributed by atoms with Gasteiger partial charge in [0.15, 0.2) is 11.5 Å². The second-order valence-corrected chi connectivity index (χ2v) is 6.76.